The highest BCUT2D eigenvalue weighted by Gasteiger charge is 2.43. The van der Waals surface area contributed by atoms with Crippen LogP contribution in [0.2, 0.25) is 0 Å². The molecule has 1 unspecified atom stereocenters. The molecule has 76 valence electrons. The van der Waals surface area contributed by atoms with Crippen LogP contribution >= 0.6 is 0 Å². The van der Waals surface area contributed by atoms with Crippen molar-refractivity contribution in [1.29, 1.82) is 0 Å². The first-order chi connectivity index (χ1) is 6.34. The van der Waals surface area contributed by atoms with Crippen LogP contribution in [0.5, 0.6) is 0 Å². The van der Waals surface area contributed by atoms with E-state index in [1.54, 1.807) is 0 Å². The van der Waals surface area contributed by atoms with E-state index < -0.39 is 28.4 Å². The molecule has 0 bridgehead atoms. The number of amides is 1. The molecule has 14 heavy (non-hydrogen) atoms. The standard InChI is InChI=1S/C7H6F2N2O3/c8-7(9)2-1-4(11(13)14)3-5(7)6(10)12/h1-3,5H,(H2,10,12). The Balaban J connectivity index is 3.07. The molecule has 0 heterocycles. The Labute approximate surface area is 77.0 Å². The molecule has 0 aromatic heterocycles. The second-order valence-electron chi connectivity index (χ2n) is 2.74. The van der Waals surface area contributed by atoms with Crippen LogP contribution in [0.15, 0.2) is 23.9 Å². The first-order valence-corrected chi connectivity index (χ1v) is 3.57. The molecule has 5 nitrogen and oxygen atoms in total. The quantitative estimate of drug-likeness (QED) is 0.523. The molecule has 0 radical (unpaired) electrons. The Bertz CT molecular complexity index is 349. The molecular formula is C7H6F2N2O3. The number of primary amides is 1. The van der Waals surface area contributed by atoms with Gasteiger partial charge in [0.15, 0.2) is 0 Å². The highest BCUT2D eigenvalue weighted by Crippen LogP contribution is 2.32. The van der Waals surface area contributed by atoms with E-state index in [0.29, 0.717) is 18.2 Å². The largest absolute Gasteiger partial charge is 0.369 e. The first-order valence-electron chi connectivity index (χ1n) is 3.57. The van der Waals surface area contributed by atoms with Crippen LogP contribution in [0.3, 0.4) is 0 Å². The number of halogens is 2. The van der Waals surface area contributed by atoms with Crippen LogP contribution in [0.25, 0.3) is 0 Å². The van der Waals surface area contributed by atoms with E-state index in [-0.39, 0.29) is 0 Å². The van der Waals surface area contributed by atoms with Gasteiger partial charge >= 0.3 is 0 Å². The minimum atomic E-state index is -3.45. The molecule has 0 fully saturated rings. The Kier molecular flexibility index (Phi) is 2.33. The smallest absolute Gasteiger partial charge is 0.282 e. The number of carbonyl (C=O) groups excluding carboxylic acids is 1. The third kappa shape index (κ3) is 1.76. The molecule has 0 saturated carbocycles. The summed E-state index contributed by atoms with van der Waals surface area (Å²) in [6.07, 6.45) is 1.52. The van der Waals surface area contributed by atoms with Crippen molar-refractivity contribution in [1.82, 2.24) is 0 Å². The normalized spacial score (nSPS) is 24.1. The summed E-state index contributed by atoms with van der Waals surface area (Å²) in [6, 6.07) is 0. The molecule has 2 N–H and O–H groups in total. The van der Waals surface area contributed by atoms with Crippen LogP contribution in [-0.4, -0.2) is 16.8 Å². The van der Waals surface area contributed by atoms with Crippen molar-refractivity contribution >= 4 is 5.91 Å². The fourth-order valence-corrected chi connectivity index (χ4v) is 1.03. The number of hydrogen-bond acceptors (Lipinski definition) is 3. The van der Waals surface area contributed by atoms with Crippen molar-refractivity contribution in [3.8, 4) is 0 Å². The van der Waals surface area contributed by atoms with Crippen molar-refractivity contribution in [2.45, 2.75) is 5.92 Å². The van der Waals surface area contributed by atoms with Gasteiger partial charge in [-0.2, -0.15) is 0 Å². The summed E-state index contributed by atoms with van der Waals surface area (Å²) in [6.45, 7) is 0. The van der Waals surface area contributed by atoms with Gasteiger partial charge in [0.2, 0.25) is 5.91 Å². The van der Waals surface area contributed by atoms with Gasteiger partial charge in [-0.25, -0.2) is 8.78 Å². The van der Waals surface area contributed by atoms with Crippen molar-refractivity contribution in [2.24, 2.45) is 11.7 Å². The molecule has 1 atom stereocenters. The van der Waals surface area contributed by atoms with Crippen LogP contribution in [0.1, 0.15) is 0 Å². The van der Waals surface area contributed by atoms with Crippen LogP contribution < -0.4 is 5.73 Å². The lowest BCUT2D eigenvalue weighted by Gasteiger charge is -2.20. The average Bonchev–Trinajstić information content (AvgIpc) is 2.02. The molecule has 1 rings (SSSR count). The van der Waals surface area contributed by atoms with E-state index in [2.05, 4.69) is 5.73 Å². The predicted molar refractivity (Wildman–Crippen MR) is 41.8 cm³/mol. The maximum absolute atomic E-state index is 12.9. The summed E-state index contributed by atoms with van der Waals surface area (Å²) in [5.74, 6) is -6.70. The number of nitrogens with two attached hydrogens (primary N) is 1. The van der Waals surface area contributed by atoms with Crippen LogP contribution in [0, 0.1) is 16.0 Å². The van der Waals surface area contributed by atoms with Gasteiger partial charge in [-0.05, 0) is 6.08 Å². The van der Waals surface area contributed by atoms with Gasteiger partial charge in [0.25, 0.3) is 11.6 Å². The number of rotatable bonds is 2. The van der Waals surface area contributed by atoms with E-state index >= 15 is 0 Å². The van der Waals surface area contributed by atoms with Gasteiger partial charge in [-0.15, -0.1) is 0 Å². The monoisotopic (exact) mass is 204 g/mol. The van der Waals surface area contributed by atoms with E-state index in [4.69, 9.17) is 0 Å². The van der Waals surface area contributed by atoms with Gasteiger partial charge in [0.05, 0.1) is 4.92 Å². The number of alkyl halides is 2. The molecule has 0 aromatic rings. The van der Waals surface area contributed by atoms with Crippen molar-refractivity contribution in [3.05, 3.63) is 34.0 Å². The topological polar surface area (TPSA) is 86.2 Å². The molecule has 0 aliphatic heterocycles. The van der Waals surface area contributed by atoms with E-state index in [1.807, 2.05) is 0 Å². The third-order valence-electron chi connectivity index (χ3n) is 1.75. The molecule has 0 spiro atoms. The second kappa shape index (κ2) is 3.17. The zero-order valence-corrected chi connectivity index (χ0v) is 6.81. The Morgan fingerprint density at radius 2 is 2.21 bits per heavy atom. The fourth-order valence-electron chi connectivity index (χ4n) is 1.03. The van der Waals surface area contributed by atoms with Crippen molar-refractivity contribution < 1.29 is 18.5 Å². The predicted octanol–water partition coefficient (Wildman–Crippen LogP) is 0.454. The maximum Gasteiger partial charge on any atom is 0.282 e. The zero-order chi connectivity index (χ0) is 10.9. The summed E-state index contributed by atoms with van der Waals surface area (Å²) < 4.78 is 25.8. The number of nitrogens with zero attached hydrogens (tertiary/aromatic N) is 1. The lowest BCUT2D eigenvalue weighted by Crippen LogP contribution is -2.38. The van der Waals surface area contributed by atoms with Gasteiger partial charge in [-0.1, -0.05) is 0 Å². The zero-order valence-electron chi connectivity index (χ0n) is 6.81. The van der Waals surface area contributed by atoms with Crippen LogP contribution in [0.4, 0.5) is 8.78 Å². The Hall–Kier alpha value is -1.79. The summed E-state index contributed by atoms with van der Waals surface area (Å²) in [7, 11) is 0. The Morgan fingerprint density at radius 3 is 2.64 bits per heavy atom. The lowest BCUT2D eigenvalue weighted by molar-refractivity contribution is -0.420. The number of hydrogen-bond donors (Lipinski definition) is 1. The average molecular weight is 204 g/mol. The van der Waals surface area contributed by atoms with Gasteiger partial charge in [0.1, 0.15) is 5.92 Å². The maximum atomic E-state index is 12.9. The summed E-state index contributed by atoms with van der Waals surface area (Å²) in [5, 5.41) is 10.2. The molecule has 1 aliphatic carbocycles. The molecular weight excluding hydrogens is 198 g/mol. The summed E-state index contributed by atoms with van der Waals surface area (Å²) in [5.41, 5.74) is 4.13. The SMILES string of the molecule is NC(=O)C1C=C([N+](=O)[O-])C=CC1(F)F. The van der Waals surface area contributed by atoms with Crippen LogP contribution in [-0.2, 0) is 4.79 Å². The van der Waals surface area contributed by atoms with E-state index in [0.717, 1.165) is 0 Å². The third-order valence-corrected chi connectivity index (χ3v) is 1.75. The molecule has 1 aliphatic rings. The van der Waals surface area contributed by atoms with Gasteiger partial charge in [0, 0.05) is 12.2 Å². The highest BCUT2D eigenvalue weighted by molar-refractivity contribution is 5.80. The lowest BCUT2D eigenvalue weighted by atomic mass is 9.94. The second-order valence-corrected chi connectivity index (χ2v) is 2.74. The van der Waals surface area contributed by atoms with Gasteiger partial charge in [-0.3, -0.25) is 14.9 Å². The van der Waals surface area contributed by atoms with E-state index in [9.17, 15) is 23.7 Å². The minimum Gasteiger partial charge on any atom is -0.369 e. The first kappa shape index (κ1) is 10.3. The van der Waals surface area contributed by atoms with Gasteiger partial charge < -0.3 is 5.73 Å². The minimum absolute atomic E-state index is 0.306. The fraction of sp³-hybridized carbons (Fsp3) is 0.286. The molecule has 7 heteroatoms. The molecule has 1 amide bonds. The summed E-state index contributed by atoms with van der Waals surface area (Å²) >= 11 is 0. The molecule has 0 saturated heterocycles. The van der Waals surface area contributed by atoms with E-state index in [1.165, 1.54) is 0 Å². The van der Waals surface area contributed by atoms with Crippen molar-refractivity contribution in [2.75, 3.05) is 0 Å². The Morgan fingerprint density at radius 1 is 1.64 bits per heavy atom. The number of nitro groups is 1. The summed E-state index contributed by atoms with van der Waals surface area (Å²) in [4.78, 5) is 19.9. The van der Waals surface area contributed by atoms with Crippen molar-refractivity contribution in [3.63, 3.8) is 0 Å². The highest BCUT2D eigenvalue weighted by atomic mass is 19.3. The number of carbonyl (C=O) groups is 1. The molecule has 0 aromatic carbocycles. The number of allylic oxidation sites excluding steroid dienone is 2.